The van der Waals surface area contributed by atoms with Crippen LogP contribution < -0.4 is 0 Å². The van der Waals surface area contributed by atoms with Gasteiger partial charge in [0.15, 0.2) is 0 Å². The van der Waals surface area contributed by atoms with Gasteiger partial charge in [0.25, 0.3) is 0 Å². The minimum absolute atomic E-state index is 0.178. The summed E-state index contributed by atoms with van der Waals surface area (Å²) in [5, 5.41) is 19.5. The van der Waals surface area contributed by atoms with Gasteiger partial charge in [0.1, 0.15) is 11.8 Å². The Morgan fingerprint density at radius 2 is 2.56 bits per heavy atom. The Hall–Kier alpha value is -1.27. The highest BCUT2D eigenvalue weighted by Gasteiger charge is 1.96. The summed E-state index contributed by atoms with van der Waals surface area (Å²) < 4.78 is 0. The highest BCUT2D eigenvalue weighted by molar-refractivity contribution is 5.28. The van der Waals surface area contributed by atoms with Crippen LogP contribution in [0.5, 0.6) is 0 Å². The summed E-state index contributed by atoms with van der Waals surface area (Å²) in [4.78, 5) is 0. The summed E-state index contributed by atoms with van der Waals surface area (Å²) in [6.07, 6.45) is 4.90. The van der Waals surface area contributed by atoms with Crippen molar-refractivity contribution in [2.24, 2.45) is 0 Å². The smallest absolute Gasteiger partial charge is 0.116 e. The predicted molar refractivity (Wildman–Crippen MR) is 32.9 cm³/mol. The van der Waals surface area contributed by atoms with Crippen molar-refractivity contribution in [1.29, 1.82) is 5.26 Å². The lowest BCUT2D eigenvalue weighted by molar-refractivity contribution is 0.534. The Labute approximate surface area is 53.1 Å². The number of rotatable bonds is 0. The topological polar surface area (TPSA) is 50.1 Å². The van der Waals surface area contributed by atoms with E-state index in [-0.39, 0.29) is 5.70 Å². The standard InChI is InChI=1S/C6H5N2O/c7-5-6-3-1-2-4-8(6)9/h1-3H,4H2/q-1. The first kappa shape index (κ1) is 5.86. The molecule has 0 aromatic rings. The van der Waals surface area contributed by atoms with Gasteiger partial charge in [0.2, 0.25) is 0 Å². The first-order valence-electron chi connectivity index (χ1n) is 2.56. The van der Waals surface area contributed by atoms with Crippen molar-refractivity contribution < 1.29 is 0 Å². The summed E-state index contributed by atoms with van der Waals surface area (Å²) in [6.45, 7) is 0.291. The molecule has 46 valence electrons. The van der Waals surface area contributed by atoms with Gasteiger partial charge in [0, 0.05) is 6.54 Å². The first-order valence-corrected chi connectivity index (χ1v) is 2.56. The van der Waals surface area contributed by atoms with Gasteiger partial charge < -0.3 is 10.3 Å². The molecule has 3 nitrogen and oxygen atoms in total. The van der Waals surface area contributed by atoms with Crippen molar-refractivity contribution in [3.8, 4) is 6.07 Å². The number of nitrogens with zero attached hydrogens (tertiary/aromatic N) is 2. The van der Waals surface area contributed by atoms with E-state index in [9.17, 15) is 5.21 Å². The molecule has 0 N–H and O–H groups in total. The molecule has 1 aliphatic heterocycles. The highest BCUT2D eigenvalue weighted by atomic mass is 16.5. The van der Waals surface area contributed by atoms with Crippen molar-refractivity contribution in [2.75, 3.05) is 6.54 Å². The van der Waals surface area contributed by atoms with Crippen LogP contribution in [0.1, 0.15) is 0 Å². The molecule has 1 aliphatic rings. The Bertz CT molecular complexity index is 200. The van der Waals surface area contributed by atoms with Crippen LogP contribution in [0.2, 0.25) is 0 Å². The van der Waals surface area contributed by atoms with E-state index in [2.05, 4.69) is 0 Å². The maximum Gasteiger partial charge on any atom is 0.116 e. The lowest BCUT2D eigenvalue weighted by atomic mass is 10.3. The second-order valence-corrected chi connectivity index (χ2v) is 1.65. The van der Waals surface area contributed by atoms with Gasteiger partial charge in [-0.25, -0.2) is 0 Å². The largest absolute Gasteiger partial charge is 0.758 e. The van der Waals surface area contributed by atoms with Crippen molar-refractivity contribution >= 4 is 0 Å². The molecule has 0 amide bonds. The van der Waals surface area contributed by atoms with Gasteiger partial charge in [-0.1, -0.05) is 12.2 Å². The third-order valence-corrected chi connectivity index (χ3v) is 1.04. The molecule has 0 aliphatic carbocycles. The van der Waals surface area contributed by atoms with Gasteiger partial charge in [-0.3, -0.25) is 0 Å². The molecule has 0 bridgehead atoms. The fourth-order valence-electron chi connectivity index (χ4n) is 0.590. The number of allylic oxidation sites excluding steroid dienone is 3. The maximum absolute atomic E-state index is 10.6. The fourth-order valence-corrected chi connectivity index (χ4v) is 0.590. The molecule has 0 spiro atoms. The molecule has 1 rings (SSSR count). The maximum atomic E-state index is 10.6. The van der Waals surface area contributed by atoms with E-state index in [4.69, 9.17) is 5.26 Å². The molecule has 0 aromatic heterocycles. The normalized spacial score (nSPS) is 16.9. The fraction of sp³-hybridized carbons (Fsp3) is 0.167. The molecular formula is C6H5N2O-. The third kappa shape index (κ3) is 1.09. The minimum atomic E-state index is 0.178. The van der Waals surface area contributed by atoms with Gasteiger partial charge in [-0.15, -0.1) is 0 Å². The zero-order chi connectivity index (χ0) is 6.69. The molecule has 0 unspecified atom stereocenters. The number of nitriles is 1. The van der Waals surface area contributed by atoms with Crippen LogP contribution in [0.15, 0.2) is 23.9 Å². The van der Waals surface area contributed by atoms with E-state index in [0.29, 0.717) is 11.6 Å². The van der Waals surface area contributed by atoms with Crippen molar-refractivity contribution in [2.45, 2.75) is 0 Å². The average molecular weight is 121 g/mol. The lowest BCUT2D eigenvalue weighted by Gasteiger charge is -2.29. The molecule has 0 aromatic carbocycles. The zero-order valence-electron chi connectivity index (χ0n) is 4.74. The van der Waals surface area contributed by atoms with Crippen LogP contribution in [0.4, 0.5) is 0 Å². The SMILES string of the molecule is N#CC1=CC=CCN1[O-]. The van der Waals surface area contributed by atoms with Crippen LogP contribution in [0, 0.1) is 16.5 Å². The van der Waals surface area contributed by atoms with Crippen molar-refractivity contribution in [3.63, 3.8) is 0 Å². The van der Waals surface area contributed by atoms with Gasteiger partial charge in [-0.05, 0) is 6.08 Å². The number of hydrogen-bond donors (Lipinski definition) is 0. The predicted octanol–water partition coefficient (Wildman–Crippen LogP) is 0.763. The van der Waals surface area contributed by atoms with Gasteiger partial charge >= 0.3 is 0 Å². The lowest BCUT2D eigenvalue weighted by Crippen LogP contribution is -2.16. The van der Waals surface area contributed by atoms with Crippen molar-refractivity contribution in [3.05, 3.63) is 29.1 Å². The summed E-state index contributed by atoms with van der Waals surface area (Å²) in [6, 6.07) is 1.78. The highest BCUT2D eigenvalue weighted by Crippen LogP contribution is 2.05. The van der Waals surface area contributed by atoms with E-state index in [0.717, 1.165) is 0 Å². The monoisotopic (exact) mass is 121 g/mol. The first-order chi connectivity index (χ1) is 4.34. The van der Waals surface area contributed by atoms with Crippen molar-refractivity contribution in [1.82, 2.24) is 5.06 Å². The molecule has 0 fully saturated rings. The Balaban J connectivity index is 2.78. The quantitative estimate of drug-likeness (QED) is 0.475. The third-order valence-electron chi connectivity index (χ3n) is 1.04. The molecule has 3 heteroatoms. The Morgan fingerprint density at radius 3 is 3.00 bits per heavy atom. The summed E-state index contributed by atoms with van der Waals surface area (Å²) in [5.41, 5.74) is 0.178. The Morgan fingerprint density at radius 1 is 1.78 bits per heavy atom. The molecule has 9 heavy (non-hydrogen) atoms. The molecular weight excluding hydrogens is 116 g/mol. The molecule has 0 atom stereocenters. The van der Waals surface area contributed by atoms with Gasteiger partial charge in [-0.2, -0.15) is 5.26 Å². The van der Waals surface area contributed by atoms with E-state index in [1.165, 1.54) is 6.08 Å². The second-order valence-electron chi connectivity index (χ2n) is 1.65. The average Bonchev–Trinajstić information content (AvgIpc) is 1.89. The summed E-state index contributed by atoms with van der Waals surface area (Å²) in [5.74, 6) is 0. The van der Waals surface area contributed by atoms with E-state index < -0.39 is 0 Å². The van der Waals surface area contributed by atoms with Crippen LogP contribution in [0.25, 0.3) is 0 Å². The van der Waals surface area contributed by atoms with E-state index in [1.807, 2.05) is 0 Å². The zero-order valence-corrected chi connectivity index (χ0v) is 4.74. The van der Waals surface area contributed by atoms with Crippen LogP contribution in [-0.2, 0) is 0 Å². The molecule has 1 heterocycles. The van der Waals surface area contributed by atoms with Crippen LogP contribution in [-0.4, -0.2) is 11.6 Å². The van der Waals surface area contributed by atoms with Gasteiger partial charge in [0.05, 0.1) is 0 Å². The summed E-state index contributed by atoms with van der Waals surface area (Å²) in [7, 11) is 0. The molecule has 0 radical (unpaired) electrons. The molecule has 0 saturated heterocycles. The second kappa shape index (κ2) is 2.33. The molecule has 0 saturated carbocycles. The van der Waals surface area contributed by atoms with E-state index in [1.54, 1.807) is 18.2 Å². The minimum Gasteiger partial charge on any atom is -0.758 e. The number of hydrogen-bond acceptors (Lipinski definition) is 3. The Kier molecular flexibility index (Phi) is 1.52. The van der Waals surface area contributed by atoms with E-state index >= 15 is 0 Å². The summed E-state index contributed by atoms with van der Waals surface area (Å²) >= 11 is 0. The van der Waals surface area contributed by atoms with Crippen LogP contribution >= 0.6 is 0 Å². The van der Waals surface area contributed by atoms with Crippen LogP contribution in [0.3, 0.4) is 0 Å². The number of hydroxylamine groups is 2.